The van der Waals surface area contributed by atoms with E-state index in [2.05, 4.69) is 20.0 Å². The SMILES string of the molecule is C1=CN=CC=NC=CN=CC=N1. The molecule has 1 heterocycles. The number of nitrogens with zero attached hydrogens (tertiary/aromatic N) is 4. The molecule has 0 atom stereocenters. The molecule has 0 aromatic heterocycles. The Bertz CT molecular complexity index is 180. The summed E-state index contributed by atoms with van der Waals surface area (Å²) < 4.78 is 0. The first kappa shape index (κ1) is 8.26. The molecule has 1 aliphatic heterocycles. The molecule has 0 aromatic carbocycles. The number of rotatable bonds is 0. The summed E-state index contributed by atoms with van der Waals surface area (Å²) in [4.78, 5) is 15.4. The second-order valence-electron chi connectivity index (χ2n) is 1.79. The predicted octanol–water partition coefficient (Wildman–Crippen LogP) is 1.23. The molecule has 4 nitrogen and oxygen atoms in total. The van der Waals surface area contributed by atoms with E-state index in [0.29, 0.717) is 0 Å². The van der Waals surface area contributed by atoms with Crippen LogP contribution in [0.3, 0.4) is 0 Å². The van der Waals surface area contributed by atoms with Crippen LogP contribution in [0.5, 0.6) is 0 Å². The van der Waals surface area contributed by atoms with Gasteiger partial charge in [-0.1, -0.05) is 0 Å². The zero-order valence-corrected chi connectivity index (χ0v) is 6.41. The maximum absolute atomic E-state index is 3.86. The van der Waals surface area contributed by atoms with Gasteiger partial charge in [0.05, 0.1) is 0 Å². The molecule has 1 aliphatic rings. The molecule has 0 aliphatic carbocycles. The summed E-state index contributed by atoms with van der Waals surface area (Å²) in [5, 5.41) is 0. The van der Waals surface area contributed by atoms with E-state index in [4.69, 9.17) is 0 Å². The molecule has 0 aromatic rings. The lowest BCUT2D eigenvalue weighted by Gasteiger charge is -1.77. The smallest absolute Gasteiger partial charge is 0.0451 e. The Labute approximate surface area is 70.5 Å². The van der Waals surface area contributed by atoms with Crippen molar-refractivity contribution in [2.75, 3.05) is 0 Å². The summed E-state index contributed by atoms with van der Waals surface area (Å²) in [5.74, 6) is 0. The minimum Gasteiger partial charge on any atom is -0.262 e. The molecule has 0 bridgehead atoms. The molecule has 0 N–H and O–H groups in total. The van der Waals surface area contributed by atoms with Crippen LogP contribution in [0.4, 0.5) is 0 Å². The quantitative estimate of drug-likeness (QED) is 0.511. The molecule has 0 fully saturated rings. The molecule has 60 valence electrons. The summed E-state index contributed by atoms with van der Waals surface area (Å²) >= 11 is 0. The van der Waals surface area contributed by atoms with Gasteiger partial charge in [0.1, 0.15) is 0 Å². The van der Waals surface area contributed by atoms with Gasteiger partial charge in [0.2, 0.25) is 0 Å². The summed E-state index contributed by atoms with van der Waals surface area (Å²) in [6, 6.07) is 0. The van der Waals surface area contributed by atoms with E-state index < -0.39 is 0 Å². The van der Waals surface area contributed by atoms with Crippen molar-refractivity contribution in [2.24, 2.45) is 20.0 Å². The number of hydrogen-bond donors (Lipinski definition) is 0. The first-order valence-electron chi connectivity index (χ1n) is 3.40. The minimum absolute atomic E-state index is 1.57. The zero-order chi connectivity index (χ0) is 8.49. The Morgan fingerprint density at radius 1 is 0.417 bits per heavy atom. The normalized spacial score (nSPS) is 16.0. The van der Waals surface area contributed by atoms with E-state index in [1.54, 1.807) is 49.7 Å². The summed E-state index contributed by atoms with van der Waals surface area (Å²) in [6.45, 7) is 0. The molecule has 1 rings (SSSR count). The van der Waals surface area contributed by atoms with Crippen LogP contribution < -0.4 is 0 Å². The van der Waals surface area contributed by atoms with Gasteiger partial charge in [-0.05, 0) is 0 Å². The summed E-state index contributed by atoms with van der Waals surface area (Å²) in [7, 11) is 0. The molecular formula is C8H8N4. The van der Waals surface area contributed by atoms with E-state index in [1.165, 1.54) is 0 Å². The second-order valence-corrected chi connectivity index (χ2v) is 1.79. The Balaban J connectivity index is 2.67. The molecule has 0 saturated heterocycles. The van der Waals surface area contributed by atoms with Gasteiger partial charge >= 0.3 is 0 Å². The fourth-order valence-corrected chi connectivity index (χ4v) is 0.507. The molecule has 0 radical (unpaired) electrons. The van der Waals surface area contributed by atoms with Crippen molar-refractivity contribution in [3.8, 4) is 0 Å². The van der Waals surface area contributed by atoms with Crippen molar-refractivity contribution in [1.29, 1.82) is 0 Å². The third kappa shape index (κ3) is 4.05. The highest BCUT2D eigenvalue weighted by molar-refractivity contribution is 6.17. The van der Waals surface area contributed by atoms with Crippen LogP contribution in [0.15, 0.2) is 44.8 Å². The van der Waals surface area contributed by atoms with E-state index in [0.717, 1.165) is 0 Å². The third-order valence-electron chi connectivity index (χ3n) is 0.955. The van der Waals surface area contributed by atoms with Gasteiger partial charge in [-0.3, -0.25) is 20.0 Å². The lowest BCUT2D eigenvalue weighted by Crippen LogP contribution is -1.74. The largest absolute Gasteiger partial charge is 0.262 e. The van der Waals surface area contributed by atoms with Gasteiger partial charge in [-0.15, -0.1) is 0 Å². The lowest BCUT2D eigenvalue weighted by atomic mass is 10.7. The van der Waals surface area contributed by atoms with E-state index in [9.17, 15) is 0 Å². The predicted molar refractivity (Wildman–Crippen MR) is 52.2 cm³/mol. The van der Waals surface area contributed by atoms with Gasteiger partial charge in [0.25, 0.3) is 0 Å². The highest BCUT2D eigenvalue weighted by Crippen LogP contribution is 1.78. The van der Waals surface area contributed by atoms with Gasteiger partial charge in [-0.2, -0.15) is 0 Å². The average Bonchev–Trinajstić information content (AvgIpc) is 2.05. The van der Waals surface area contributed by atoms with Gasteiger partial charge in [0, 0.05) is 49.7 Å². The first-order chi connectivity index (χ1) is 6.00. The van der Waals surface area contributed by atoms with Crippen molar-refractivity contribution in [2.45, 2.75) is 0 Å². The van der Waals surface area contributed by atoms with Gasteiger partial charge < -0.3 is 0 Å². The van der Waals surface area contributed by atoms with Gasteiger partial charge in [-0.25, -0.2) is 0 Å². The van der Waals surface area contributed by atoms with Crippen LogP contribution in [0.2, 0.25) is 0 Å². The van der Waals surface area contributed by atoms with Crippen molar-refractivity contribution >= 4 is 24.9 Å². The Morgan fingerprint density at radius 2 is 0.667 bits per heavy atom. The highest BCUT2D eigenvalue weighted by atomic mass is 14.8. The average molecular weight is 160 g/mol. The van der Waals surface area contributed by atoms with Crippen molar-refractivity contribution in [3.05, 3.63) is 24.8 Å². The van der Waals surface area contributed by atoms with Crippen molar-refractivity contribution < 1.29 is 0 Å². The maximum Gasteiger partial charge on any atom is 0.0451 e. The van der Waals surface area contributed by atoms with Crippen LogP contribution in [-0.2, 0) is 0 Å². The van der Waals surface area contributed by atoms with E-state index in [-0.39, 0.29) is 0 Å². The lowest BCUT2D eigenvalue weighted by molar-refractivity contribution is 1.48. The number of aliphatic imine (C=N–C) groups is 4. The molecule has 0 unspecified atom stereocenters. The molecule has 0 amide bonds. The van der Waals surface area contributed by atoms with E-state index in [1.807, 2.05) is 0 Å². The Hall–Kier alpha value is -1.84. The zero-order valence-electron chi connectivity index (χ0n) is 6.41. The molecular weight excluding hydrogens is 152 g/mol. The molecule has 0 spiro atoms. The second kappa shape index (κ2) is 5.91. The monoisotopic (exact) mass is 160 g/mol. The fraction of sp³-hybridized carbons (Fsp3) is 0. The minimum atomic E-state index is 1.57. The number of hydrogen-bond acceptors (Lipinski definition) is 4. The molecule has 4 heteroatoms. The highest BCUT2D eigenvalue weighted by Gasteiger charge is 1.67. The van der Waals surface area contributed by atoms with Crippen LogP contribution in [0, 0.1) is 0 Å². The van der Waals surface area contributed by atoms with Crippen LogP contribution in [0.25, 0.3) is 0 Å². The van der Waals surface area contributed by atoms with Crippen LogP contribution in [-0.4, -0.2) is 24.9 Å². The fourth-order valence-electron chi connectivity index (χ4n) is 0.507. The third-order valence-corrected chi connectivity index (χ3v) is 0.955. The van der Waals surface area contributed by atoms with Crippen molar-refractivity contribution in [1.82, 2.24) is 0 Å². The topological polar surface area (TPSA) is 49.4 Å². The van der Waals surface area contributed by atoms with Crippen LogP contribution in [0.1, 0.15) is 0 Å². The van der Waals surface area contributed by atoms with Crippen LogP contribution >= 0.6 is 0 Å². The van der Waals surface area contributed by atoms with Gasteiger partial charge in [0.15, 0.2) is 0 Å². The first-order valence-corrected chi connectivity index (χ1v) is 3.40. The Kier molecular flexibility index (Phi) is 4.07. The summed E-state index contributed by atoms with van der Waals surface area (Å²) in [5.41, 5.74) is 0. The Morgan fingerprint density at radius 3 is 0.917 bits per heavy atom. The summed E-state index contributed by atoms with van der Waals surface area (Å²) in [6.07, 6.45) is 12.6. The molecule has 12 heavy (non-hydrogen) atoms. The molecule has 0 saturated carbocycles. The standard InChI is InChI=1S/C8H8N4/c1-2-10-5-6-12-8-7-11-4-3-9-1/h1-8H. The maximum atomic E-state index is 3.86. The van der Waals surface area contributed by atoms with E-state index >= 15 is 0 Å². The van der Waals surface area contributed by atoms with Crippen molar-refractivity contribution in [3.63, 3.8) is 0 Å².